The van der Waals surface area contributed by atoms with E-state index in [1.165, 1.54) is 6.08 Å². The molecule has 1 aliphatic rings. The molecule has 1 aromatic rings. The zero-order valence-electron chi connectivity index (χ0n) is 11.1. The molecule has 0 heterocycles. The van der Waals surface area contributed by atoms with Gasteiger partial charge in [-0.25, -0.2) is 8.42 Å². The van der Waals surface area contributed by atoms with Crippen molar-refractivity contribution in [3.63, 3.8) is 0 Å². The van der Waals surface area contributed by atoms with Crippen LogP contribution in [0.25, 0.3) is 0 Å². The van der Waals surface area contributed by atoms with Crippen LogP contribution in [-0.4, -0.2) is 24.4 Å². The molecule has 0 bridgehead atoms. The molecule has 0 aromatic heterocycles. The van der Waals surface area contributed by atoms with E-state index in [4.69, 9.17) is 0 Å². The Bertz CT molecular complexity index is 550. The van der Waals surface area contributed by atoms with Gasteiger partial charge in [0, 0.05) is 5.92 Å². The van der Waals surface area contributed by atoms with Gasteiger partial charge in [0.05, 0.1) is 11.0 Å². The molecule has 1 aromatic carbocycles. The maximum absolute atomic E-state index is 12.7. The number of aliphatic hydroxyl groups is 1. The van der Waals surface area contributed by atoms with Crippen molar-refractivity contribution in [2.45, 2.75) is 41.9 Å². The van der Waals surface area contributed by atoms with Crippen LogP contribution in [-0.2, 0) is 9.84 Å². The first kappa shape index (κ1) is 14.3. The molecule has 1 aliphatic carbocycles. The van der Waals surface area contributed by atoms with Crippen molar-refractivity contribution in [1.29, 1.82) is 0 Å². The minimum atomic E-state index is -3.47. The van der Waals surface area contributed by atoms with E-state index in [0.29, 0.717) is 17.7 Å². The van der Waals surface area contributed by atoms with Gasteiger partial charge < -0.3 is 5.11 Å². The molecule has 104 valence electrons. The van der Waals surface area contributed by atoms with E-state index in [2.05, 4.69) is 6.58 Å². The second kappa shape index (κ2) is 5.10. The van der Waals surface area contributed by atoms with Crippen LogP contribution >= 0.6 is 0 Å². The molecule has 3 nitrogen and oxygen atoms in total. The predicted octanol–water partition coefficient (Wildman–Crippen LogP) is 2.57. The first-order valence-electron chi connectivity index (χ1n) is 6.61. The van der Waals surface area contributed by atoms with Crippen LogP contribution in [0.5, 0.6) is 0 Å². The van der Waals surface area contributed by atoms with Gasteiger partial charge in [-0.05, 0) is 25.0 Å². The molecule has 0 unspecified atom stereocenters. The van der Waals surface area contributed by atoms with Crippen molar-refractivity contribution in [2.75, 3.05) is 0 Å². The number of aliphatic hydroxyl groups excluding tert-OH is 1. The third kappa shape index (κ3) is 2.23. The third-order valence-corrected chi connectivity index (χ3v) is 6.48. The van der Waals surface area contributed by atoms with Crippen LogP contribution in [0.3, 0.4) is 0 Å². The number of sulfone groups is 1. The summed E-state index contributed by atoms with van der Waals surface area (Å²) < 4.78 is 24.4. The summed E-state index contributed by atoms with van der Waals surface area (Å²) in [5, 5.41) is 10.1. The van der Waals surface area contributed by atoms with Gasteiger partial charge >= 0.3 is 0 Å². The summed E-state index contributed by atoms with van der Waals surface area (Å²) in [6, 6.07) is 8.41. The molecule has 2 rings (SSSR count). The summed E-state index contributed by atoms with van der Waals surface area (Å²) in [4.78, 5) is 0.307. The first-order chi connectivity index (χ1) is 8.99. The summed E-state index contributed by atoms with van der Waals surface area (Å²) in [6.07, 6.45) is 2.87. The summed E-state index contributed by atoms with van der Waals surface area (Å²) in [5.41, 5.74) is 0. The Morgan fingerprint density at radius 3 is 2.63 bits per heavy atom. The Kier molecular flexibility index (Phi) is 3.83. The van der Waals surface area contributed by atoms with Gasteiger partial charge in [-0.15, -0.1) is 6.58 Å². The number of benzene rings is 1. The number of hydrogen-bond acceptors (Lipinski definition) is 3. The Morgan fingerprint density at radius 1 is 1.47 bits per heavy atom. The number of hydrogen-bond donors (Lipinski definition) is 1. The van der Waals surface area contributed by atoms with E-state index in [1.54, 1.807) is 30.3 Å². The average Bonchev–Trinajstić information content (AvgIpc) is 3.17. The molecule has 0 amide bonds. The van der Waals surface area contributed by atoms with Gasteiger partial charge in [0.2, 0.25) is 0 Å². The van der Waals surface area contributed by atoms with Crippen molar-refractivity contribution in [1.82, 2.24) is 0 Å². The van der Waals surface area contributed by atoms with Crippen LogP contribution in [0.1, 0.15) is 26.2 Å². The van der Waals surface area contributed by atoms with Crippen LogP contribution in [0.15, 0.2) is 47.9 Å². The largest absolute Gasteiger partial charge is 0.393 e. The average molecular weight is 280 g/mol. The van der Waals surface area contributed by atoms with Crippen LogP contribution < -0.4 is 0 Å². The van der Waals surface area contributed by atoms with E-state index in [1.807, 2.05) is 6.92 Å². The Labute approximate surface area is 114 Å². The Morgan fingerprint density at radius 2 is 2.11 bits per heavy atom. The van der Waals surface area contributed by atoms with E-state index in [-0.39, 0.29) is 5.92 Å². The maximum Gasteiger partial charge on any atom is 0.188 e. The first-order valence-corrected chi connectivity index (χ1v) is 8.09. The van der Waals surface area contributed by atoms with Gasteiger partial charge in [-0.1, -0.05) is 37.6 Å². The summed E-state index contributed by atoms with van der Waals surface area (Å²) >= 11 is 0. The molecule has 0 aliphatic heterocycles. The van der Waals surface area contributed by atoms with Crippen molar-refractivity contribution in [2.24, 2.45) is 5.92 Å². The zero-order chi connectivity index (χ0) is 14.1. The molecule has 1 fully saturated rings. The van der Waals surface area contributed by atoms with E-state index >= 15 is 0 Å². The highest BCUT2D eigenvalue weighted by Gasteiger charge is 2.64. The van der Waals surface area contributed by atoms with Gasteiger partial charge in [0.1, 0.15) is 4.75 Å². The van der Waals surface area contributed by atoms with Crippen molar-refractivity contribution in [3.8, 4) is 0 Å². The van der Waals surface area contributed by atoms with E-state index in [9.17, 15) is 13.5 Å². The molecule has 1 saturated carbocycles. The van der Waals surface area contributed by atoms with Gasteiger partial charge in [-0.3, -0.25) is 0 Å². The third-order valence-electron chi connectivity index (χ3n) is 3.95. The molecular formula is C15H20O3S. The molecule has 4 heteroatoms. The van der Waals surface area contributed by atoms with Crippen LogP contribution in [0.4, 0.5) is 0 Å². The number of rotatable bonds is 6. The van der Waals surface area contributed by atoms with Gasteiger partial charge in [0.15, 0.2) is 9.84 Å². The fourth-order valence-corrected chi connectivity index (χ4v) is 4.84. The normalized spacial score (nSPS) is 27.8. The lowest BCUT2D eigenvalue weighted by Crippen LogP contribution is -2.27. The summed E-state index contributed by atoms with van der Waals surface area (Å²) in [5.74, 6) is -0.227. The topological polar surface area (TPSA) is 54.4 Å². The highest BCUT2D eigenvalue weighted by atomic mass is 32.2. The molecule has 0 spiro atoms. The van der Waals surface area contributed by atoms with Crippen LogP contribution in [0.2, 0.25) is 0 Å². The molecule has 0 saturated heterocycles. The second-order valence-corrected chi connectivity index (χ2v) is 7.38. The van der Waals surface area contributed by atoms with Crippen molar-refractivity contribution < 1.29 is 13.5 Å². The lowest BCUT2D eigenvalue weighted by Gasteiger charge is -2.17. The predicted molar refractivity (Wildman–Crippen MR) is 75.6 cm³/mol. The molecule has 3 atom stereocenters. The van der Waals surface area contributed by atoms with Crippen molar-refractivity contribution in [3.05, 3.63) is 43.0 Å². The lowest BCUT2D eigenvalue weighted by atomic mass is 10.1. The maximum atomic E-state index is 12.7. The lowest BCUT2D eigenvalue weighted by molar-refractivity contribution is 0.138. The highest BCUT2D eigenvalue weighted by Crippen LogP contribution is 2.55. The molecule has 19 heavy (non-hydrogen) atoms. The van der Waals surface area contributed by atoms with Crippen LogP contribution in [0, 0.1) is 5.92 Å². The van der Waals surface area contributed by atoms with E-state index in [0.717, 1.165) is 6.42 Å². The van der Waals surface area contributed by atoms with Gasteiger partial charge in [-0.2, -0.15) is 0 Å². The molecule has 1 N–H and O–H groups in total. The minimum absolute atomic E-state index is 0.227. The van der Waals surface area contributed by atoms with Gasteiger partial charge in [0.25, 0.3) is 0 Å². The second-order valence-electron chi connectivity index (χ2n) is 5.14. The zero-order valence-corrected chi connectivity index (χ0v) is 11.9. The monoisotopic (exact) mass is 280 g/mol. The minimum Gasteiger partial charge on any atom is -0.393 e. The van der Waals surface area contributed by atoms with E-state index < -0.39 is 20.7 Å². The summed E-state index contributed by atoms with van der Waals surface area (Å²) in [6.45, 7) is 5.67. The highest BCUT2D eigenvalue weighted by molar-refractivity contribution is 7.93. The molecular weight excluding hydrogens is 260 g/mol. The summed E-state index contributed by atoms with van der Waals surface area (Å²) in [7, 11) is -3.47. The standard InChI is InChI=1S/C15H20O3S/c1-3-8-14(16)13-11-15(13,4-2)19(17,18)12-9-6-5-7-10-12/h4-7,9-10,13-14,16H,2-3,8,11H2,1H3/t13-,14-,15-/m0/s1. The fraction of sp³-hybridized carbons (Fsp3) is 0.467. The smallest absolute Gasteiger partial charge is 0.188 e. The Hall–Kier alpha value is -1.13. The SMILES string of the molecule is C=C[C@]1(S(=O)(=O)c2ccccc2)C[C@H]1[C@@H](O)CCC. The van der Waals surface area contributed by atoms with Crippen molar-refractivity contribution >= 4 is 9.84 Å². The Balaban J connectivity index is 2.32. The fourth-order valence-electron chi connectivity index (χ4n) is 2.72. The molecule has 0 radical (unpaired) electrons. The quantitative estimate of drug-likeness (QED) is 0.815.